The van der Waals surface area contributed by atoms with Gasteiger partial charge in [-0.15, -0.1) is 12.3 Å². The minimum atomic E-state index is -0.0734. The Hall–Kier alpha value is -1.46. The Morgan fingerprint density at radius 1 is 1.43 bits per heavy atom. The van der Waals surface area contributed by atoms with E-state index in [1.54, 1.807) is 0 Å². The van der Waals surface area contributed by atoms with Crippen LogP contribution in [-0.2, 0) is 0 Å². The third kappa shape index (κ3) is 2.79. The Morgan fingerprint density at radius 3 is 2.57 bits per heavy atom. The number of nitrogens with two attached hydrogens (primary N) is 1. The fourth-order valence-electron chi connectivity index (χ4n) is 1.22. The van der Waals surface area contributed by atoms with E-state index in [1.807, 2.05) is 31.2 Å². The zero-order valence-corrected chi connectivity index (χ0v) is 8.36. The first-order valence-electron chi connectivity index (χ1n) is 4.69. The van der Waals surface area contributed by atoms with E-state index < -0.39 is 0 Å². The van der Waals surface area contributed by atoms with Crippen molar-refractivity contribution in [2.45, 2.75) is 19.4 Å². The van der Waals surface area contributed by atoms with Crippen LogP contribution in [0.25, 0.3) is 0 Å². The van der Waals surface area contributed by atoms with Crippen molar-refractivity contribution in [3.8, 4) is 18.1 Å². The van der Waals surface area contributed by atoms with Crippen LogP contribution in [0.15, 0.2) is 24.3 Å². The zero-order chi connectivity index (χ0) is 10.4. The molecule has 1 aromatic rings. The van der Waals surface area contributed by atoms with Gasteiger partial charge in [0.15, 0.2) is 0 Å². The molecule has 1 aromatic carbocycles. The van der Waals surface area contributed by atoms with Crippen molar-refractivity contribution in [1.82, 2.24) is 0 Å². The molecule has 0 aliphatic rings. The van der Waals surface area contributed by atoms with Gasteiger partial charge in [0, 0.05) is 12.5 Å². The molecule has 74 valence electrons. The quantitative estimate of drug-likeness (QED) is 0.736. The molecule has 1 rings (SSSR count). The minimum Gasteiger partial charge on any atom is -0.494 e. The van der Waals surface area contributed by atoms with Gasteiger partial charge in [-0.1, -0.05) is 12.1 Å². The topological polar surface area (TPSA) is 35.2 Å². The lowest BCUT2D eigenvalue weighted by atomic mass is 10.1. The fraction of sp³-hybridized carbons (Fsp3) is 0.333. The molecule has 2 nitrogen and oxygen atoms in total. The Morgan fingerprint density at radius 2 is 2.07 bits per heavy atom. The minimum absolute atomic E-state index is 0.0734. The van der Waals surface area contributed by atoms with Crippen LogP contribution in [0.5, 0.6) is 5.75 Å². The van der Waals surface area contributed by atoms with E-state index in [1.165, 1.54) is 0 Å². The summed E-state index contributed by atoms with van der Waals surface area (Å²) in [5.74, 6) is 3.41. The summed E-state index contributed by atoms with van der Waals surface area (Å²) in [6, 6.07) is 7.65. The van der Waals surface area contributed by atoms with Crippen molar-refractivity contribution in [3.05, 3.63) is 29.8 Å². The Balaban J connectivity index is 2.68. The summed E-state index contributed by atoms with van der Waals surface area (Å²) in [6.45, 7) is 2.63. The summed E-state index contributed by atoms with van der Waals surface area (Å²) in [7, 11) is 0. The van der Waals surface area contributed by atoms with Crippen LogP contribution in [0.4, 0.5) is 0 Å². The maximum Gasteiger partial charge on any atom is 0.119 e. The van der Waals surface area contributed by atoms with Crippen LogP contribution < -0.4 is 10.5 Å². The highest BCUT2D eigenvalue weighted by atomic mass is 16.5. The van der Waals surface area contributed by atoms with Crippen LogP contribution in [0, 0.1) is 12.3 Å². The van der Waals surface area contributed by atoms with Crippen molar-refractivity contribution in [1.29, 1.82) is 0 Å². The summed E-state index contributed by atoms with van der Waals surface area (Å²) < 4.78 is 5.32. The first-order valence-corrected chi connectivity index (χ1v) is 4.69. The molecule has 2 N–H and O–H groups in total. The van der Waals surface area contributed by atoms with Gasteiger partial charge < -0.3 is 10.5 Å². The highest BCUT2D eigenvalue weighted by Gasteiger charge is 2.03. The monoisotopic (exact) mass is 189 g/mol. The second-order valence-corrected chi connectivity index (χ2v) is 3.02. The molecule has 0 saturated heterocycles. The number of benzene rings is 1. The molecule has 0 amide bonds. The van der Waals surface area contributed by atoms with E-state index in [4.69, 9.17) is 16.9 Å². The first kappa shape index (κ1) is 10.6. The summed E-state index contributed by atoms with van der Waals surface area (Å²) in [4.78, 5) is 0. The Kier molecular flexibility index (Phi) is 4.03. The molecule has 1 atom stereocenters. The van der Waals surface area contributed by atoms with Gasteiger partial charge in [-0.05, 0) is 24.6 Å². The molecule has 0 aliphatic heterocycles. The molecule has 0 bridgehead atoms. The molecule has 0 aliphatic carbocycles. The van der Waals surface area contributed by atoms with Crippen LogP contribution >= 0.6 is 0 Å². The molecule has 0 fully saturated rings. The maximum absolute atomic E-state index is 5.85. The lowest BCUT2D eigenvalue weighted by molar-refractivity contribution is 0.340. The number of rotatable bonds is 4. The van der Waals surface area contributed by atoms with Gasteiger partial charge in [0.1, 0.15) is 5.75 Å². The van der Waals surface area contributed by atoms with Crippen molar-refractivity contribution < 1.29 is 4.74 Å². The summed E-state index contributed by atoms with van der Waals surface area (Å²) in [5.41, 5.74) is 6.89. The van der Waals surface area contributed by atoms with Crippen molar-refractivity contribution in [2.75, 3.05) is 6.61 Å². The number of terminal acetylenes is 1. The fourth-order valence-corrected chi connectivity index (χ4v) is 1.22. The number of ether oxygens (including phenoxy) is 1. The van der Waals surface area contributed by atoms with E-state index in [-0.39, 0.29) is 6.04 Å². The summed E-state index contributed by atoms with van der Waals surface area (Å²) in [6.07, 6.45) is 5.75. The van der Waals surface area contributed by atoms with Crippen molar-refractivity contribution in [2.24, 2.45) is 5.73 Å². The van der Waals surface area contributed by atoms with Gasteiger partial charge in [0.25, 0.3) is 0 Å². The smallest absolute Gasteiger partial charge is 0.119 e. The van der Waals surface area contributed by atoms with E-state index in [2.05, 4.69) is 5.92 Å². The molecule has 1 unspecified atom stereocenters. The normalized spacial score (nSPS) is 11.8. The Bertz CT molecular complexity index is 310. The highest BCUT2D eigenvalue weighted by Crippen LogP contribution is 2.17. The van der Waals surface area contributed by atoms with Crippen molar-refractivity contribution in [3.63, 3.8) is 0 Å². The van der Waals surface area contributed by atoms with Gasteiger partial charge in [0.2, 0.25) is 0 Å². The third-order valence-corrected chi connectivity index (χ3v) is 1.96. The second kappa shape index (κ2) is 5.31. The van der Waals surface area contributed by atoms with Crippen LogP contribution in [0.3, 0.4) is 0 Å². The van der Waals surface area contributed by atoms with Crippen LogP contribution in [0.2, 0.25) is 0 Å². The zero-order valence-electron chi connectivity index (χ0n) is 8.36. The third-order valence-electron chi connectivity index (χ3n) is 1.96. The van der Waals surface area contributed by atoms with Crippen molar-refractivity contribution >= 4 is 0 Å². The van der Waals surface area contributed by atoms with Crippen LogP contribution in [-0.4, -0.2) is 6.61 Å². The standard InChI is InChI=1S/C12H15NO/c1-3-5-12(13)10-6-8-11(9-7-10)14-4-2/h1,6-9,12H,4-5,13H2,2H3. The molecule has 0 spiro atoms. The van der Waals surface area contributed by atoms with E-state index >= 15 is 0 Å². The van der Waals surface area contributed by atoms with Gasteiger partial charge >= 0.3 is 0 Å². The van der Waals surface area contributed by atoms with Crippen LogP contribution in [0.1, 0.15) is 24.9 Å². The van der Waals surface area contributed by atoms with Gasteiger partial charge in [-0.25, -0.2) is 0 Å². The number of hydrogen-bond donors (Lipinski definition) is 1. The molecule has 0 radical (unpaired) electrons. The molecule has 14 heavy (non-hydrogen) atoms. The van der Waals surface area contributed by atoms with Gasteiger partial charge in [-0.2, -0.15) is 0 Å². The molecule has 0 saturated carbocycles. The molecule has 2 heteroatoms. The second-order valence-electron chi connectivity index (χ2n) is 3.02. The predicted octanol–water partition coefficient (Wildman–Crippen LogP) is 2.11. The molecular formula is C12H15NO. The predicted molar refractivity (Wildman–Crippen MR) is 58.0 cm³/mol. The van der Waals surface area contributed by atoms with E-state index in [9.17, 15) is 0 Å². The summed E-state index contributed by atoms with van der Waals surface area (Å²) in [5, 5.41) is 0. The van der Waals surface area contributed by atoms with E-state index in [0.717, 1.165) is 11.3 Å². The van der Waals surface area contributed by atoms with E-state index in [0.29, 0.717) is 13.0 Å². The largest absolute Gasteiger partial charge is 0.494 e. The average molecular weight is 189 g/mol. The highest BCUT2D eigenvalue weighted by molar-refractivity contribution is 5.29. The average Bonchev–Trinajstić information content (AvgIpc) is 2.20. The lowest BCUT2D eigenvalue weighted by Gasteiger charge is -2.09. The summed E-state index contributed by atoms with van der Waals surface area (Å²) >= 11 is 0. The lowest BCUT2D eigenvalue weighted by Crippen LogP contribution is -2.08. The molecular weight excluding hydrogens is 174 g/mol. The number of hydrogen-bond acceptors (Lipinski definition) is 2. The Labute approximate surface area is 85.1 Å². The SMILES string of the molecule is C#CCC(N)c1ccc(OCC)cc1. The van der Waals surface area contributed by atoms with Gasteiger partial charge in [-0.3, -0.25) is 0 Å². The van der Waals surface area contributed by atoms with Gasteiger partial charge in [0.05, 0.1) is 6.61 Å². The molecule has 0 heterocycles. The first-order chi connectivity index (χ1) is 6.77. The maximum atomic E-state index is 5.85. The molecule has 0 aromatic heterocycles.